The lowest BCUT2D eigenvalue weighted by Gasteiger charge is -2.59. The van der Waals surface area contributed by atoms with E-state index in [9.17, 15) is 4.79 Å². The molecule has 0 aromatic heterocycles. The van der Waals surface area contributed by atoms with Gasteiger partial charge in [-0.3, -0.25) is 0 Å². The van der Waals surface area contributed by atoms with Crippen LogP contribution in [0.4, 0.5) is 4.79 Å². The molecule has 0 N–H and O–H groups in total. The molecule has 5 nitrogen and oxygen atoms in total. The number of carbonyl (C=O) groups is 1. The van der Waals surface area contributed by atoms with Crippen LogP contribution in [0.1, 0.15) is 127 Å². The number of ether oxygens (including phenoxy) is 2. The highest BCUT2D eigenvalue weighted by Crippen LogP contribution is 2.68. The molecule has 0 radical (unpaired) electrons. The normalized spacial score (nSPS) is 34.6. The van der Waals surface area contributed by atoms with Crippen LogP contribution in [-0.4, -0.2) is 48.2 Å². The van der Waals surface area contributed by atoms with E-state index in [0.717, 1.165) is 38.2 Å². The molecule has 0 aliphatic heterocycles. The number of hydrogen-bond acceptors (Lipinski definition) is 5. The Hall–Kier alpha value is -0.896. The summed E-state index contributed by atoms with van der Waals surface area (Å²) in [5, 5.41) is 0.460. The van der Waals surface area contributed by atoms with Gasteiger partial charge in [0.05, 0.1) is 7.11 Å². The van der Waals surface area contributed by atoms with Gasteiger partial charge in [0, 0.05) is 18.6 Å². The molecule has 270 valence electrons. The fourth-order valence-corrected chi connectivity index (χ4v) is 12.2. The van der Waals surface area contributed by atoms with Gasteiger partial charge in [-0.2, -0.15) is 0 Å². The van der Waals surface area contributed by atoms with Crippen molar-refractivity contribution in [3.8, 4) is 0 Å². The molecular weight excluding hydrogens is 617 g/mol. The quantitative estimate of drug-likeness (QED) is 0.0989. The molecule has 3 saturated carbocycles. The topological polar surface area (TPSA) is 54.0 Å². The molecule has 4 rings (SSSR count). The molecule has 0 saturated heterocycles. The fraction of sp³-hybridized carbons (Fsp3) is 0.875. The Morgan fingerprint density at radius 2 is 1.57 bits per heavy atom. The van der Waals surface area contributed by atoms with Crippen LogP contribution in [0, 0.1) is 34.5 Å². The van der Waals surface area contributed by atoms with Crippen LogP contribution < -0.4 is 0 Å². The van der Waals surface area contributed by atoms with Crippen molar-refractivity contribution in [2.24, 2.45) is 34.5 Å². The summed E-state index contributed by atoms with van der Waals surface area (Å²) >= 11 is 0. The summed E-state index contributed by atoms with van der Waals surface area (Å²) in [6, 6.07) is 0. The maximum Gasteiger partial charge on any atom is 0.508 e. The minimum atomic E-state index is -1.79. The van der Waals surface area contributed by atoms with Gasteiger partial charge in [0.1, 0.15) is 5.60 Å². The van der Waals surface area contributed by atoms with Crippen LogP contribution in [0.15, 0.2) is 23.8 Å². The van der Waals surface area contributed by atoms with E-state index in [1.807, 2.05) is 0 Å². The summed E-state index contributed by atoms with van der Waals surface area (Å²) in [4.78, 5) is 12.7. The molecule has 0 heterocycles. The van der Waals surface area contributed by atoms with Crippen LogP contribution in [0.5, 0.6) is 0 Å². The van der Waals surface area contributed by atoms with E-state index < -0.39 is 28.4 Å². The first-order valence-corrected chi connectivity index (χ1v) is 24.8. The van der Waals surface area contributed by atoms with Gasteiger partial charge in [-0.25, -0.2) is 4.79 Å². The molecule has 47 heavy (non-hydrogen) atoms. The molecule has 0 aromatic rings. The van der Waals surface area contributed by atoms with E-state index in [-0.39, 0.29) is 26.8 Å². The van der Waals surface area contributed by atoms with Gasteiger partial charge in [0.2, 0.25) is 0 Å². The maximum atomic E-state index is 12.7. The van der Waals surface area contributed by atoms with E-state index in [0.29, 0.717) is 17.9 Å². The Morgan fingerprint density at radius 3 is 2.19 bits per heavy atom. The highest BCUT2D eigenvalue weighted by molar-refractivity contribution is 6.74. The van der Waals surface area contributed by atoms with Gasteiger partial charge >= 0.3 is 6.16 Å². The lowest BCUT2D eigenvalue weighted by atomic mass is 9.46. The molecule has 4 aliphatic rings. The van der Waals surface area contributed by atoms with Gasteiger partial charge < -0.3 is 18.3 Å². The molecular formula is C40H72O5Si2. The number of allylic oxidation sites excluding steroid dienone is 2. The van der Waals surface area contributed by atoms with Crippen LogP contribution in [0.2, 0.25) is 36.3 Å². The highest BCUT2D eigenvalue weighted by Gasteiger charge is 2.62. The molecule has 3 fully saturated rings. The van der Waals surface area contributed by atoms with Crippen LogP contribution in [0.3, 0.4) is 0 Å². The second kappa shape index (κ2) is 13.7. The highest BCUT2D eigenvalue weighted by atomic mass is 28.4. The summed E-state index contributed by atoms with van der Waals surface area (Å²) in [6.07, 6.45) is 18.3. The summed E-state index contributed by atoms with van der Waals surface area (Å²) < 4.78 is 24.7. The third-order valence-electron chi connectivity index (χ3n) is 14.7. The van der Waals surface area contributed by atoms with E-state index in [2.05, 4.69) is 107 Å². The SMILES string of the molecule is COC(=O)O[C@@](C)(/C=C/CCCO[Si](C)(C)C(C)(C)C)[C@H]1CC[C@H]2[C@@H]3CC=C4CC(O[Si](C)(C)C(C)(C)C)CC[C@]4(C)[C@H]3CC[C@@]21C. The molecule has 7 heteroatoms. The largest absolute Gasteiger partial charge is 0.508 e. The predicted octanol–water partition coefficient (Wildman–Crippen LogP) is 11.9. The van der Waals surface area contributed by atoms with Crippen LogP contribution in [0.25, 0.3) is 0 Å². The Bertz CT molecular complexity index is 1180. The van der Waals surface area contributed by atoms with Crippen molar-refractivity contribution in [3.63, 3.8) is 0 Å². The van der Waals surface area contributed by atoms with Gasteiger partial charge in [-0.05, 0) is 142 Å². The predicted molar refractivity (Wildman–Crippen MR) is 201 cm³/mol. The zero-order chi connectivity index (χ0) is 35.3. The smallest absolute Gasteiger partial charge is 0.438 e. The average molecular weight is 689 g/mol. The molecule has 0 aromatic carbocycles. The Morgan fingerprint density at radius 1 is 0.915 bits per heavy atom. The average Bonchev–Trinajstić information content (AvgIpc) is 3.31. The minimum Gasteiger partial charge on any atom is -0.438 e. The molecule has 0 bridgehead atoms. The third kappa shape index (κ3) is 7.73. The van der Waals surface area contributed by atoms with Gasteiger partial charge in [0.15, 0.2) is 16.6 Å². The number of unbranched alkanes of at least 4 members (excludes halogenated alkanes) is 1. The monoisotopic (exact) mass is 688 g/mol. The summed E-state index contributed by atoms with van der Waals surface area (Å²) in [5.41, 5.74) is 1.41. The lowest BCUT2D eigenvalue weighted by Crippen LogP contribution is -2.54. The molecule has 1 unspecified atom stereocenters. The molecule has 4 aliphatic carbocycles. The van der Waals surface area contributed by atoms with Crippen molar-refractivity contribution in [2.75, 3.05) is 13.7 Å². The van der Waals surface area contributed by atoms with Gasteiger partial charge in [-0.15, -0.1) is 0 Å². The van der Waals surface area contributed by atoms with E-state index in [1.165, 1.54) is 45.6 Å². The van der Waals surface area contributed by atoms with Crippen molar-refractivity contribution in [1.82, 2.24) is 0 Å². The van der Waals surface area contributed by atoms with Crippen molar-refractivity contribution in [1.29, 1.82) is 0 Å². The van der Waals surface area contributed by atoms with Crippen LogP contribution in [-0.2, 0) is 18.3 Å². The zero-order valence-corrected chi connectivity index (χ0v) is 34.9. The number of fused-ring (bicyclic) bond motifs is 5. The second-order valence-electron chi connectivity index (χ2n) is 19.6. The van der Waals surface area contributed by atoms with Crippen molar-refractivity contribution >= 4 is 22.8 Å². The Balaban J connectivity index is 1.47. The van der Waals surface area contributed by atoms with Crippen molar-refractivity contribution in [3.05, 3.63) is 23.8 Å². The van der Waals surface area contributed by atoms with E-state index in [1.54, 1.807) is 5.57 Å². The Kier molecular flexibility index (Phi) is 11.3. The number of hydrogen-bond donors (Lipinski definition) is 0. The Labute approximate surface area is 291 Å². The van der Waals surface area contributed by atoms with Gasteiger partial charge in [0.25, 0.3) is 0 Å². The number of rotatable bonds is 10. The summed E-state index contributed by atoms with van der Waals surface area (Å²) in [6.45, 7) is 31.4. The van der Waals surface area contributed by atoms with Crippen LogP contribution >= 0.6 is 0 Å². The summed E-state index contributed by atoms with van der Waals surface area (Å²) in [5.74, 6) is 2.35. The molecule has 0 spiro atoms. The first-order chi connectivity index (χ1) is 21.5. The zero-order valence-electron chi connectivity index (χ0n) is 32.9. The van der Waals surface area contributed by atoms with Crippen molar-refractivity contribution in [2.45, 2.75) is 174 Å². The van der Waals surface area contributed by atoms with E-state index in [4.69, 9.17) is 18.3 Å². The second-order valence-corrected chi connectivity index (χ2v) is 29.1. The third-order valence-corrected chi connectivity index (χ3v) is 23.8. The maximum absolute atomic E-state index is 12.7. The van der Waals surface area contributed by atoms with E-state index >= 15 is 0 Å². The first kappa shape index (κ1) is 38.9. The standard InChI is InChI=1S/C40H72O5Si2/c1-36(2,3)46(11,12)43-27-17-15-16-24-40(9,44-35(41)42-10)34-21-20-32-31-19-18-29-28-30(45-47(13,14)37(4,5)6)22-25-38(29,7)33(31)23-26-39(32,34)8/h16,18,24,30-34H,15,17,19-23,25-28H2,1-14H3/b24-16+/t30?,31-,32-,33-,34-,38-,39-,40-/m0/s1. The number of carbonyl (C=O) groups excluding carboxylic acids is 1. The first-order valence-electron chi connectivity index (χ1n) is 19.0. The fourth-order valence-electron chi connectivity index (χ4n) is 9.77. The minimum absolute atomic E-state index is 0.129. The lowest BCUT2D eigenvalue weighted by molar-refractivity contribution is -0.0964. The summed E-state index contributed by atoms with van der Waals surface area (Å²) in [7, 11) is -2.11. The van der Waals surface area contributed by atoms with Crippen molar-refractivity contribution < 1.29 is 23.1 Å². The molecule has 8 atom stereocenters. The molecule has 0 amide bonds. The van der Waals surface area contributed by atoms with Gasteiger partial charge in [-0.1, -0.05) is 73.1 Å². The number of methoxy groups -OCH3 is 1.